The van der Waals surface area contributed by atoms with Crippen LogP contribution in [0.25, 0.3) is 21.8 Å². The van der Waals surface area contributed by atoms with Gasteiger partial charge < -0.3 is 5.73 Å². The molecule has 2 heterocycles. The molecule has 2 N–H and O–H groups in total. The predicted octanol–water partition coefficient (Wildman–Crippen LogP) is 2.97. The molecule has 0 aliphatic carbocycles. The highest BCUT2D eigenvalue weighted by atomic mass is 15.3. The molecule has 92 valence electrons. The molecule has 0 aliphatic heterocycles. The molecular formula is C14H16N4. The van der Waals surface area contributed by atoms with Crippen molar-refractivity contribution in [1.82, 2.24) is 14.8 Å². The minimum Gasteiger partial charge on any atom is -0.383 e. The van der Waals surface area contributed by atoms with Crippen LogP contribution in [0.15, 0.2) is 30.5 Å². The molecule has 0 radical (unpaired) electrons. The Kier molecular flexibility index (Phi) is 2.63. The molecule has 0 unspecified atom stereocenters. The Bertz CT molecular complexity index is 699. The summed E-state index contributed by atoms with van der Waals surface area (Å²) in [4.78, 5) is 4.42. The Morgan fingerprint density at radius 1 is 1.22 bits per heavy atom. The van der Waals surface area contributed by atoms with Crippen molar-refractivity contribution in [3.8, 4) is 0 Å². The number of hydrogen-bond acceptors (Lipinski definition) is 3. The van der Waals surface area contributed by atoms with Crippen LogP contribution in [0.1, 0.15) is 19.8 Å². The summed E-state index contributed by atoms with van der Waals surface area (Å²) in [5.74, 6) is 0.562. The SMILES string of the molecule is CCCCn1cc2c(N)nc3ccccc3c2n1. The lowest BCUT2D eigenvalue weighted by molar-refractivity contribution is 0.577. The zero-order chi connectivity index (χ0) is 12.5. The van der Waals surface area contributed by atoms with E-state index in [1.165, 1.54) is 0 Å². The minimum atomic E-state index is 0.562. The van der Waals surface area contributed by atoms with Crippen molar-refractivity contribution in [2.45, 2.75) is 26.3 Å². The van der Waals surface area contributed by atoms with Crippen LogP contribution in [0.4, 0.5) is 5.82 Å². The minimum absolute atomic E-state index is 0.562. The molecule has 4 heteroatoms. The Morgan fingerprint density at radius 3 is 2.89 bits per heavy atom. The zero-order valence-corrected chi connectivity index (χ0v) is 10.4. The molecule has 0 saturated carbocycles. The van der Waals surface area contributed by atoms with Crippen LogP contribution in [0.5, 0.6) is 0 Å². The molecule has 0 spiro atoms. The second-order valence-corrected chi connectivity index (χ2v) is 4.52. The molecule has 3 rings (SSSR count). The van der Waals surface area contributed by atoms with E-state index in [0.717, 1.165) is 41.2 Å². The number of anilines is 1. The molecule has 0 fully saturated rings. The first-order chi connectivity index (χ1) is 8.79. The van der Waals surface area contributed by atoms with Crippen molar-refractivity contribution in [3.63, 3.8) is 0 Å². The van der Waals surface area contributed by atoms with Crippen molar-refractivity contribution in [2.75, 3.05) is 5.73 Å². The molecule has 0 bridgehead atoms. The van der Waals surface area contributed by atoms with Gasteiger partial charge in [-0.05, 0) is 12.5 Å². The van der Waals surface area contributed by atoms with E-state index in [9.17, 15) is 0 Å². The van der Waals surface area contributed by atoms with Crippen molar-refractivity contribution < 1.29 is 0 Å². The van der Waals surface area contributed by atoms with E-state index in [2.05, 4.69) is 17.0 Å². The number of aromatic nitrogens is 3. The van der Waals surface area contributed by atoms with E-state index in [-0.39, 0.29) is 0 Å². The summed E-state index contributed by atoms with van der Waals surface area (Å²) < 4.78 is 1.97. The summed E-state index contributed by atoms with van der Waals surface area (Å²) in [5, 5.41) is 6.65. The topological polar surface area (TPSA) is 56.7 Å². The highest BCUT2D eigenvalue weighted by molar-refractivity contribution is 6.07. The largest absolute Gasteiger partial charge is 0.383 e. The van der Waals surface area contributed by atoms with Crippen LogP contribution in [0.3, 0.4) is 0 Å². The first-order valence-electron chi connectivity index (χ1n) is 6.31. The van der Waals surface area contributed by atoms with Gasteiger partial charge in [0.2, 0.25) is 0 Å². The van der Waals surface area contributed by atoms with Gasteiger partial charge in [-0.15, -0.1) is 0 Å². The molecule has 0 atom stereocenters. The van der Waals surface area contributed by atoms with Crippen LogP contribution in [-0.4, -0.2) is 14.8 Å². The Morgan fingerprint density at radius 2 is 2.06 bits per heavy atom. The highest BCUT2D eigenvalue weighted by Gasteiger charge is 2.09. The highest BCUT2D eigenvalue weighted by Crippen LogP contribution is 2.26. The Labute approximate surface area is 105 Å². The van der Waals surface area contributed by atoms with Crippen molar-refractivity contribution >= 4 is 27.6 Å². The number of hydrogen-bond donors (Lipinski definition) is 1. The molecule has 18 heavy (non-hydrogen) atoms. The standard InChI is InChI=1S/C14H16N4/c1-2-3-8-18-9-11-13(17-18)10-6-4-5-7-12(10)16-14(11)15/h4-7,9H,2-3,8H2,1H3,(H2,15,16). The number of benzene rings is 1. The second kappa shape index (κ2) is 4.29. The van der Waals surface area contributed by atoms with Crippen molar-refractivity contribution in [2.24, 2.45) is 0 Å². The van der Waals surface area contributed by atoms with Gasteiger partial charge in [0.25, 0.3) is 0 Å². The normalized spacial score (nSPS) is 11.4. The average Bonchev–Trinajstić information content (AvgIpc) is 2.81. The summed E-state index contributed by atoms with van der Waals surface area (Å²) >= 11 is 0. The van der Waals surface area contributed by atoms with Gasteiger partial charge in [0.05, 0.1) is 10.9 Å². The van der Waals surface area contributed by atoms with E-state index in [1.807, 2.05) is 35.1 Å². The summed E-state index contributed by atoms with van der Waals surface area (Å²) in [7, 11) is 0. The van der Waals surface area contributed by atoms with Crippen LogP contribution in [0.2, 0.25) is 0 Å². The lowest BCUT2D eigenvalue weighted by Gasteiger charge is -1.99. The summed E-state index contributed by atoms with van der Waals surface area (Å²) in [6.07, 6.45) is 4.28. The van der Waals surface area contributed by atoms with Crippen molar-refractivity contribution in [3.05, 3.63) is 30.5 Å². The molecule has 2 aromatic heterocycles. The monoisotopic (exact) mass is 240 g/mol. The molecule has 0 aliphatic rings. The first-order valence-corrected chi connectivity index (χ1v) is 6.31. The van der Waals surface area contributed by atoms with E-state index in [1.54, 1.807) is 0 Å². The Balaban J connectivity index is 2.24. The summed E-state index contributed by atoms with van der Waals surface area (Å²) in [6.45, 7) is 3.10. The molecule has 4 nitrogen and oxygen atoms in total. The molecule has 0 amide bonds. The zero-order valence-electron chi connectivity index (χ0n) is 10.4. The van der Waals surface area contributed by atoms with Gasteiger partial charge in [-0.2, -0.15) is 5.10 Å². The van der Waals surface area contributed by atoms with Crippen LogP contribution in [0, 0.1) is 0 Å². The molecular weight excluding hydrogens is 224 g/mol. The number of nitrogens with two attached hydrogens (primary N) is 1. The lowest BCUT2D eigenvalue weighted by Crippen LogP contribution is -1.97. The van der Waals surface area contributed by atoms with Crippen LogP contribution in [-0.2, 0) is 6.54 Å². The number of unbranched alkanes of at least 4 members (excludes halogenated alkanes) is 1. The number of nitrogens with zero attached hydrogens (tertiary/aromatic N) is 3. The Hall–Kier alpha value is -2.10. The number of fused-ring (bicyclic) bond motifs is 3. The second-order valence-electron chi connectivity index (χ2n) is 4.52. The van der Waals surface area contributed by atoms with Gasteiger partial charge in [-0.1, -0.05) is 31.5 Å². The lowest BCUT2D eigenvalue weighted by atomic mass is 10.1. The van der Waals surface area contributed by atoms with E-state index in [0.29, 0.717) is 5.82 Å². The maximum absolute atomic E-state index is 6.00. The van der Waals surface area contributed by atoms with Gasteiger partial charge in [-0.3, -0.25) is 4.68 Å². The number of pyridine rings is 1. The quantitative estimate of drug-likeness (QED) is 0.765. The number of nitrogen functional groups attached to an aromatic ring is 1. The van der Waals surface area contributed by atoms with Gasteiger partial charge >= 0.3 is 0 Å². The number of para-hydroxylation sites is 1. The fourth-order valence-corrected chi connectivity index (χ4v) is 2.20. The summed E-state index contributed by atoms with van der Waals surface area (Å²) in [5.41, 5.74) is 7.86. The van der Waals surface area contributed by atoms with Gasteiger partial charge in [0.15, 0.2) is 0 Å². The van der Waals surface area contributed by atoms with Gasteiger partial charge in [0.1, 0.15) is 11.3 Å². The smallest absolute Gasteiger partial charge is 0.135 e. The van der Waals surface area contributed by atoms with E-state index < -0.39 is 0 Å². The predicted molar refractivity (Wildman–Crippen MR) is 74.4 cm³/mol. The fourth-order valence-electron chi connectivity index (χ4n) is 2.20. The first kappa shape index (κ1) is 11.0. The maximum Gasteiger partial charge on any atom is 0.135 e. The molecule has 3 aromatic rings. The van der Waals surface area contributed by atoms with E-state index in [4.69, 9.17) is 5.73 Å². The third kappa shape index (κ3) is 1.70. The van der Waals surface area contributed by atoms with E-state index >= 15 is 0 Å². The maximum atomic E-state index is 6.00. The van der Waals surface area contributed by atoms with Crippen LogP contribution < -0.4 is 5.73 Å². The third-order valence-electron chi connectivity index (χ3n) is 3.18. The third-order valence-corrected chi connectivity index (χ3v) is 3.18. The summed E-state index contributed by atoms with van der Waals surface area (Å²) in [6, 6.07) is 7.98. The van der Waals surface area contributed by atoms with Crippen molar-refractivity contribution in [1.29, 1.82) is 0 Å². The molecule has 0 saturated heterocycles. The van der Waals surface area contributed by atoms with Gasteiger partial charge in [-0.25, -0.2) is 4.98 Å². The molecule has 1 aromatic carbocycles. The van der Waals surface area contributed by atoms with Gasteiger partial charge in [0, 0.05) is 18.1 Å². The number of rotatable bonds is 3. The van der Waals surface area contributed by atoms with Crippen LogP contribution >= 0.6 is 0 Å². The fraction of sp³-hybridized carbons (Fsp3) is 0.286. The average molecular weight is 240 g/mol. The number of aryl methyl sites for hydroxylation is 1.